The third-order valence-electron chi connectivity index (χ3n) is 3.44. The van der Waals surface area contributed by atoms with E-state index in [1.54, 1.807) is 12.1 Å². The van der Waals surface area contributed by atoms with Crippen molar-refractivity contribution in [2.45, 2.75) is 33.5 Å². The van der Waals surface area contributed by atoms with E-state index in [-0.39, 0.29) is 24.8 Å². The third-order valence-corrected chi connectivity index (χ3v) is 4.22. The number of methoxy groups -OCH3 is 1. The number of hydrogen-bond donors (Lipinski definition) is 0. The minimum absolute atomic E-state index is 0.212. The van der Waals surface area contributed by atoms with Crippen LogP contribution in [0.5, 0.6) is 11.8 Å². The van der Waals surface area contributed by atoms with Gasteiger partial charge in [0.1, 0.15) is 24.6 Å². The molecule has 2 aromatic rings. The number of rotatable bonds is 9. The molecule has 0 saturated heterocycles. The predicted octanol–water partition coefficient (Wildman–Crippen LogP) is 3.39. The molecular weight excluding hydrogens is 392 g/mol. The molecule has 0 aliphatic carbocycles. The maximum absolute atomic E-state index is 11.3. The van der Waals surface area contributed by atoms with E-state index in [1.807, 2.05) is 12.1 Å². The second-order valence-corrected chi connectivity index (χ2v) is 8.49. The smallest absolute Gasteiger partial charge is 0.264 e. The van der Waals surface area contributed by atoms with Crippen molar-refractivity contribution in [3.05, 3.63) is 46.2 Å². The summed E-state index contributed by atoms with van der Waals surface area (Å²) in [4.78, 5) is 8.86. The summed E-state index contributed by atoms with van der Waals surface area (Å²) in [7, 11) is -2.18. The quantitative estimate of drug-likeness (QED) is 0.581. The molecule has 1 aromatic heterocycles. The highest BCUT2D eigenvalue weighted by Gasteiger charge is 2.18. The first-order chi connectivity index (χ1) is 12.7. The molecule has 0 radical (unpaired) electrons. The second kappa shape index (κ2) is 9.34. The van der Waals surface area contributed by atoms with Crippen LogP contribution in [-0.4, -0.2) is 31.8 Å². The van der Waals surface area contributed by atoms with Crippen LogP contribution in [0.3, 0.4) is 0 Å². The van der Waals surface area contributed by atoms with Crippen molar-refractivity contribution in [1.82, 2.24) is 9.97 Å². The van der Waals surface area contributed by atoms with Crippen LogP contribution in [0.15, 0.2) is 24.3 Å². The third kappa shape index (κ3) is 6.97. The molecule has 148 valence electrons. The Morgan fingerprint density at radius 1 is 1.11 bits per heavy atom. The Morgan fingerprint density at radius 3 is 2.41 bits per heavy atom. The van der Waals surface area contributed by atoms with Crippen LogP contribution in [0, 0.1) is 5.92 Å². The first-order valence-corrected chi connectivity index (χ1v) is 10.5. The normalized spacial score (nSPS) is 11.6. The van der Waals surface area contributed by atoms with Gasteiger partial charge in [-0.05, 0) is 30.0 Å². The molecule has 9 heteroatoms. The Morgan fingerprint density at radius 2 is 1.81 bits per heavy atom. The molecule has 7 nitrogen and oxygen atoms in total. The fourth-order valence-electron chi connectivity index (χ4n) is 2.30. The summed E-state index contributed by atoms with van der Waals surface area (Å²) in [6, 6.07) is 7.30. The van der Waals surface area contributed by atoms with E-state index in [0.29, 0.717) is 28.9 Å². The van der Waals surface area contributed by atoms with Gasteiger partial charge in [-0.25, -0.2) is 9.97 Å². The topological polar surface area (TPSA) is 87.6 Å². The van der Waals surface area contributed by atoms with Crippen molar-refractivity contribution in [3.63, 3.8) is 0 Å². The van der Waals surface area contributed by atoms with Crippen molar-refractivity contribution < 1.29 is 22.1 Å². The summed E-state index contributed by atoms with van der Waals surface area (Å²) in [5.41, 5.74) is 1.76. The zero-order valence-corrected chi connectivity index (χ0v) is 17.3. The minimum Gasteiger partial charge on any atom is -0.480 e. The van der Waals surface area contributed by atoms with Crippen LogP contribution in [0.25, 0.3) is 0 Å². The molecule has 0 atom stereocenters. The number of benzene rings is 1. The highest BCUT2D eigenvalue weighted by Crippen LogP contribution is 2.25. The summed E-state index contributed by atoms with van der Waals surface area (Å²) < 4.78 is 38.5. The van der Waals surface area contributed by atoms with Gasteiger partial charge in [-0.15, -0.1) is 0 Å². The molecule has 2 rings (SSSR count). The molecule has 0 aliphatic heterocycles. The Balaban J connectivity index is 2.32. The summed E-state index contributed by atoms with van der Waals surface area (Å²) in [5, 5.41) is 0.613. The average molecular weight is 415 g/mol. The maximum Gasteiger partial charge on any atom is 0.264 e. The number of ether oxygens (including phenoxy) is 2. The van der Waals surface area contributed by atoms with Crippen LogP contribution in [0.2, 0.25) is 5.02 Å². The van der Waals surface area contributed by atoms with Crippen LogP contribution < -0.4 is 9.47 Å². The molecule has 0 bridgehead atoms. The molecule has 0 saturated carbocycles. The number of nitrogens with zero attached hydrogens (tertiary/aromatic N) is 2. The van der Waals surface area contributed by atoms with Crippen molar-refractivity contribution in [2.24, 2.45) is 5.92 Å². The van der Waals surface area contributed by atoms with E-state index >= 15 is 0 Å². The molecule has 0 amide bonds. The number of aromatic nitrogens is 2. The van der Waals surface area contributed by atoms with E-state index in [4.69, 9.17) is 25.3 Å². The maximum atomic E-state index is 11.3. The van der Waals surface area contributed by atoms with E-state index in [9.17, 15) is 8.42 Å². The number of halogens is 1. The lowest BCUT2D eigenvalue weighted by Crippen LogP contribution is -2.12. The Labute approximate surface area is 164 Å². The SMILES string of the molecule is COc1nc(CC(C)C)c(OCc2cccc(Cl)c2)nc1COS(C)(=O)=O. The monoisotopic (exact) mass is 414 g/mol. The Kier molecular flexibility index (Phi) is 7.41. The zero-order chi connectivity index (χ0) is 20.0. The standard InChI is InChI=1S/C18H23ClN2O5S/c1-12(2)8-15-18(25-10-13-6-5-7-14(19)9-13)21-16(17(20-15)24-3)11-26-27(4,22)23/h5-7,9,12H,8,10-11H2,1-4H3. The lowest BCUT2D eigenvalue weighted by atomic mass is 10.1. The largest absolute Gasteiger partial charge is 0.480 e. The molecule has 0 fully saturated rings. The van der Waals surface area contributed by atoms with Gasteiger partial charge in [-0.1, -0.05) is 37.6 Å². The van der Waals surface area contributed by atoms with Gasteiger partial charge < -0.3 is 9.47 Å². The average Bonchev–Trinajstić information content (AvgIpc) is 2.58. The molecule has 27 heavy (non-hydrogen) atoms. The minimum atomic E-state index is -3.63. The van der Waals surface area contributed by atoms with Crippen molar-refractivity contribution >= 4 is 21.7 Å². The predicted molar refractivity (Wildman–Crippen MR) is 103 cm³/mol. The van der Waals surface area contributed by atoms with Crippen LogP contribution in [-0.2, 0) is 33.9 Å². The second-order valence-electron chi connectivity index (χ2n) is 6.41. The van der Waals surface area contributed by atoms with Crippen LogP contribution in [0.4, 0.5) is 0 Å². The van der Waals surface area contributed by atoms with E-state index in [1.165, 1.54) is 7.11 Å². The Bertz CT molecular complexity index is 887. The van der Waals surface area contributed by atoms with Gasteiger partial charge in [0.2, 0.25) is 11.8 Å². The van der Waals surface area contributed by atoms with Crippen molar-refractivity contribution in [2.75, 3.05) is 13.4 Å². The van der Waals surface area contributed by atoms with Gasteiger partial charge in [-0.2, -0.15) is 8.42 Å². The fourth-order valence-corrected chi connectivity index (χ4v) is 2.84. The molecule has 0 aliphatic rings. The summed E-state index contributed by atoms with van der Waals surface area (Å²) in [6.07, 6.45) is 1.60. The van der Waals surface area contributed by atoms with E-state index < -0.39 is 10.1 Å². The highest BCUT2D eigenvalue weighted by molar-refractivity contribution is 7.85. The summed E-state index contributed by atoms with van der Waals surface area (Å²) >= 11 is 6.00. The summed E-state index contributed by atoms with van der Waals surface area (Å²) in [5.74, 6) is 0.844. The van der Waals surface area contributed by atoms with Crippen LogP contribution >= 0.6 is 11.6 Å². The highest BCUT2D eigenvalue weighted by atomic mass is 35.5. The molecule has 1 heterocycles. The molecule has 0 unspecified atom stereocenters. The fraction of sp³-hybridized carbons (Fsp3) is 0.444. The lowest BCUT2D eigenvalue weighted by Gasteiger charge is -2.15. The van der Waals surface area contributed by atoms with Gasteiger partial charge in [0.15, 0.2) is 0 Å². The molecule has 0 N–H and O–H groups in total. The Hall–Kier alpha value is -1.90. The summed E-state index contributed by atoms with van der Waals surface area (Å²) in [6.45, 7) is 4.06. The van der Waals surface area contributed by atoms with Gasteiger partial charge in [0.25, 0.3) is 10.1 Å². The van der Waals surface area contributed by atoms with Gasteiger partial charge in [0.05, 0.1) is 13.4 Å². The first kappa shape index (κ1) is 21.4. The van der Waals surface area contributed by atoms with Gasteiger partial charge in [0, 0.05) is 5.02 Å². The van der Waals surface area contributed by atoms with Gasteiger partial charge in [-0.3, -0.25) is 4.18 Å². The van der Waals surface area contributed by atoms with Crippen molar-refractivity contribution in [1.29, 1.82) is 0 Å². The van der Waals surface area contributed by atoms with Crippen LogP contribution in [0.1, 0.15) is 30.8 Å². The first-order valence-electron chi connectivity index (χ1n) is 8.33. The van der Waals surface area contributed by atoms with E-state index in [2.05, 4.69) is 23.8 Å². The zero-order valence-electron chi connectivity index (χ0n) is 15.7. The number of hydrogen-bond acceptors (Lipinski definition) is 7. The lowest BCUT2D eigenvalue weighted by molar-refractivity contribution is 0.266. The molecular formula is C18H23ClN2O5S. The van der Waals surface area contributed by atoms with E-state index in [0.717, 1.165) is 11.8 Å². The molecule has 0 spiro atoms. The molecule has 1 aromatic carbocycles. The van der Waals surface area contributed by atoms with Gasteiger partial charge >= 0.3 is 0 Å². The van der Waals surface area contributed by atoms with Crippen molar-refractivity contribution in [3.8, 4) is 11.8 Å².